The summed E-state index contributed by atoms with van der Waals surface area (Å²) in [5.74, 6) is 0. The molecular weight excluding hydrogens is 244 g/mol. The standard InChI is InChI=1S/C18H18N2/c1-14-4-8-16(9-5-14)17(13-19)12-15-6-10-18(11-7-15)20(2)3/h4-12H,1-3H3/b17-12-. The van der Waals surface area contributed by atoms with E-state index in [0.29, 0.717) is 5.57 Å². The molecule has 2 heteroatoms. The molecule has 0 aliphatic heterocycles. The number of rotatable bonds is 3. The zero-order chi connectivity index (χ0) is 14.5. The summed E-state index contributed by atoms with van der Waals surface area (Å²) in [5.41, 5.74) is 5.02. The van der Waals surface area contributed by atoms with Crippen LogP contribution in [0.3, 0.4) is 0 Å². The van der Waals surface area contributed by atoms with Gasteiger partial charge in [-0.05, 0) is 36.3 Å². The molecule has 2 rings (SSSR count). The molecule has 2 aromatic carbocycles. The van der Waals surface area contributed by atoms with Crippen LogP contribution >= 0.6 is 0 Å². The van der Waals surface area contributed by atoms with E-state index < -0.39 is 0 Å². The van der Waals surface area contributed by atoms with Crippen molar-refractivity contribution >= 4 is 17.3 Å². The average Bonchev–Trinajstić information content (AvgIpc) is 2.46. The van der Waals surface area contributed by atoms with Gasteiger partial charge in [0.1, 0.15) is 0 Å². The predicted octanol–water partition coefficient (Wildman–Crippen LogP) is 4.13. The fraction of sp³-hybridized carbons (Fsp3) is 0.167. The van der Waals surface area contributed by atoms with Crippen LogP contribution in [-0.2, 0) is 0 Å². The Labute approximate surface area is 120 Å². The van der Waals surface area contributed by atoms with E-state index in [4.69, 9.17) is 0 Å². The maximum atomic E-state index is 9.33. The second-order valence-electron chi connectivity index (χ2n) is 5.02. The van der Waals surface area contributed by atoms with Gasteiger partial charge in [-0.25, -0.2) is 0 Å². The SMILES string of the molecule is Cc1ccc(/C(C#N)=C\c2ccc(N(C)C)cc2)cc1. The van der Waals surface area contributed by atoms with Gasteiger partial charge in [-0.15, -0.1) is 0 Å². The van der Waals surface area contributed by atoms with Crippen LogP contribution in [-0.4, -0.2) is 14.1 Å². The lowest BCUT2D eigenvalue weighted by atomic mass is 10.0. The lowest BCUT2D eigenvalue weighted by Crippen LogP contribution is -2.07. The predicted molar refractivity (Wildman–Crippen MR) is 85.4 cm³/mol. The largest absolute Gasteiger partial charge is 0.378 e. The number of anilines is 1. The summed E-state index contributed by atoms with van der Waals surface area (Å²) in [7, 11) is 4.02. The zero-order valence-electron chi connectivity index (χ0n) is 12.1. The Balaban J connectivity index is 2.31. The Bertz CT molecular complexity index is 641. The topological polar surface area (TPSA) is 27.0 Å². The first-order valence-corrected chi connectivity index (χ1v) is 6.56. The maximum Gasteiger partial charge on any atom is 0.0998 e. The van der Waals surface area contributed by atoms with Crippen molar-refractivity contribution in [2.45, 2.75) is 6.92 Å². The molecule has 20 heavy (non-hydrogen) atoms. The molecule has 0 unspecified atom stereocenters. The number of aryl methyl sites for hydroxylation is 1. The first kappa shape index (κ1) is 13.9. The first-order valence-electron chi connectivity index (χ1n) is 6.56. The van der Waals surface area contributed by atoms with Crippen LogP contribution in [0.4, 0.5) is 5.69 Å². The van der Waals surface area contributed by atoms with Crippen molar-refractivity contribution in [1.82, 2.24) is 0 Å². The minimum atomic E-state index is 0.683. The Morgan fingerprint density at radius 3 is 2.10 bits per heavy atom. The second-order valence-corrected chi connectivity index (χ2v) is 5.02. The smallest absolute Gasteiger partial charge is 0.0998 e. The molecule has 100 valence electrons. The maximum absolute atomic E-state index is 9.33. The molecular formula is C18H18N2. The molecule has 0 N–H and O–H groups in total. The second kappa shape index (κ2) is 6.08. The normalized spacial score (nSPS) is 11.0. The fourth-order valence-electron chi connectivity index (χ4n) is 1.95. The van der Waals surface area contributed by atoms with Gasteiger partial charge in [-0.1, -0.05) is 42.0 Å². The molecule has 0 aliphatic rings. The summed E-state index contributed by atoms with van der Waals surface area (Å²) >= 11 is 0. The van der Waals surface area contributed by atoms with E-state index in [1.165, 1.54) is 5.56 Å². The summed E-state index contributed by atoms with van der Waals surface area (Å²) in [5, 5.41) is 9.33. The minimum absolute atomic E-state index is 0.683. The summed E-state index contributed by atoms with van der Waals surface area (Å²) in [6, 6.07) is 18.5. The first-order chi connectivity index (χ1) is 9.60. The number of hydrogen-bond acceptors (Lipinski definition) is 2. The van der Waals surface area contributed by atoms with Crippen LogP contribution in [0.5, 0.6) is 0 Å². The minimum Gasteiger partial charge on any atom is -0.378 e. The van der Waals surface area contributed by atoms with Crippen LogP contribution < -0.4 is 4.90 Å². The highest BCUT2D eigenvalue weighted by Gasteiger charge is 2.01. The van der Waals surface area contributed by atoms with E-state index in [-0.39, 0.29) is 0 Å². The summed E-state index contributed by atoms with van der Waals surface area (Å²) in [4.78, 5) is 2.05. The molecule has 0 radical (unpaired) electrons. The van der Waals surface area contributed by atoms with Gasteiger partial charge in [0.2, 0.25) is 0 Å². The van der Waals surface area contributed by atoms with Crippen LogP contribution in [0.2, 0.25) is 0 Å². The third-order valence-corrected chi connectivity index (χ3v) is 3.20. The molecule has 0 amide bonds. The molecule has 0 saturated heterocycles. The van der Waals surface area contributed by atoms with Gasteiger partial charge < -0.3 is 4.90 Å². The molecule has 0 aromatic heterocycles. The highest BCUT2D eigenvalue weighted by Crippen LogP contribution is 2.20. The Morgan fingerprint density at radius 1 is 1.00 bits per heavy atom. The van der Waals surface area contributed by atoms with Crippen molar-refractivity contribution in [3.05, 3.63) is 65.2 Å². The van der Waals surface area contributed by atoms with Gasteiger partial charge in [-0.3, -0.25) is 0 Å². The molecule has 0 heterocycles. The molecule has 0 bridgehead atoms. The van der Waals surface area contributed by atoms with Gasteiger partial charge in [-0.2, -0.15) is 5.26 Å². The van der Waals surface area contributed by atoms with Gasteiger partial charge in [0.25, 0.3) is 0 Å². The third kappa shape index (κ3) is 3.27. The molecule has 0 spiro atoms. The molecule has 0 fully saturated rings. The third-order valence-electron chi connectivity index (χ3n) is 3.20. The van der Waals surface area contributed by atoms with Gasteiger partial charge in [0, 0.05) is 19.8 Å². The van der Waals surface area contributed by atoms with Gasteiger partial charge in [0.05, 0.1) is 11.6 Å². The monoisotopic (exact) mass is 262 g/mol. The lowest BCUT2D eigenvalue weighted by Gasteiger charge is -2.11. The molecule has 0 atom stereocenters. The van der Waals surface area contributed by atoms with E-state index >= 15 is 0 Å². The molecule has 2 nitrogen and oxygen atoms in total. The number of allylic oxidation sites excluding steroid dienone is 1. The number of nitrogens with zero attached hydrogens (tertiary/aromatic N) is 2. The quantitative estimate of drug-likeness (QED) is 0.614. The molecule has 0 aliphatic carbocycles. The number of hydrogen-bond donors (Lipinski definition) is 0. The van der Waals surface area contributed by atoms with Crippen molar-refractivity contribution < 1.29 is 0 Å². The number of benzene rings is 2. The van der Waals surface area contributed by atoms with Crippen LogP contribution in [0.25, 0.3) is 11.6 Å². The molecule has 0 saturated carbocycles. The van der Waals surface area contributed by atoms with Gasteiger partial charge >= 0.3 is 0 Å². The van der Waals surface area contributed by atoms with Crippen molar-refractivity contribution in [1.29, 1.82) is 5.26 Å². The summed E-state index contributed by atoms with van der Waals surface area (Å²) < 4.78 is 0. The van der Waals surface area contributed by atoms with E-state index in [1.807, 2.05) is 63.5 Å². The van der Waals surface area contributed by atoms with E-state index in [9.17, 15) is 5.26 Å². The van der Waals surface area contributed by atoms with E-state index in [1.54, 1.807) is 0 Å². The summed E-state index contributed by atoms with van der Waals surface area (Å²) in [6.07, 6.45) is 1.92. The van der Waals surface area contributed by atoms with Crippen LogP contribution in [0.15, 0.2) is 48.5 Å². The lowest BCUT2D eigenvalue weighted by molar-refractivity contribution is 1.13. The van der Waals surface area contributed by atoms with Crippen molar-refractivity contribution in [3.63, 3.8) is 0 Å². The number of nitriles is 1. The highest BCUT2D eigenvalue weighted by atomic mass is 15.1. The highest BCUT2D eigenvalue weighted by molar-refractivity contribution is 5.89. The summed E-state index contributed by atoms with van der Waals surface area (Å²) in [6.45, 7) is 2.04. The fourth-order valence-corrected chi connectivity index (χ4v) is 1.95. The zero-order valence-corrected chi connectivity index (χ0v) is 12.1. The molecule has 2 aromatic rings. The Hall–Kier alpha value is -2.53. The van der Waals surface area contributed by atoms with Crippen LogP contribution in [0.1, 0.15) is 16.7 Å². The average molecular weight is 262 g/mol. The van der Waals surface area contributed by atoms with Crippen molar-refractivity contribution in [2.24, 2.45) is 0 Å². The van der Waals surface area contributed by atoms with E-state index in [2.05, 4.69) is 23.1 Å². The Morgan fingerprint density at radius 2 is 1.60 bits per heavy atom. The van der Waals surface area contributed by atoms with E-state index in [0.717, 1.165) is 16.8 Å². The van der Waals surface area contributed by atoms with Crippen LogP contribution in [0, 0.1) is 18.3 Å². The Kier molecular flexibility index (Phi) is 4.22. The van der Waals surface area contributed by atoms with Crippen molar-refractivity contribution in [2.75, 3.05) is 19.0 Å². The van der Waals surface area contributed by atoms with Crippen molar-refractivity contribution in [3.8, 4) is 6.07 Å². The van der Waals surface area contributed by atoms with Gasteiger partial charge in [0.15, 0.2) is 0 Å².